The van der Waals surface area contributed by atoms with Crippen LogP contribution in [0.2, 0.25) is 0 Å². The largest absolute Gasteiger partial charge is 0.427 e. The molecule has 5 nitrogen and oxygen atoms in total. The number of nitrogens with zero attached hydrogens (tertiary/aromatic N) is 1. The van der Waals surface area contributed by atoms with Crippen LogP contribution >= 0.6 is 12.2 Å². The molecular weight excluding hydrogens is 276 g/mol. The van der Waals surface area contributed by atoms with Gasteiger partial charge in [0.05, 0.1) is 0 Å². The van der Waals surface area contributed by atoms with Gasteiger partial charge in [0.25, 0.3) is 0 Å². The minimum atomic E-state index is -0.716. The maximum Gasteiger partial charge on any atom is 0.348 e. The zero-order chi connectivity index (χ0) is 14.7. The fourth-order valence-electron chi connectivity index (χ4n) is 1.69. The lowest BCUT2D eigenvalue weighted by Gasteiger charge is -2.20. The summed E-state index contributed by atoms with van der Waals surface area (Å²) in [7, 11) is 0. The molecule has 0 aromatic heterocycles. The second kappa shape index (κ2) is 5.66. The highest BCUT2D eigenvalue weighted by Gasteiger charge is 2.25. The third-order valence-corrected chi connectivity index (χ3v) is 2.80. The van der Waals surface area contributed by atoms with Crippen molar-refractivity contribution in [3.63, 3.8) is 0 Å². The van der Waals surface area contributed by atoms with Crippen molar-refractivity contribution in [1.82, 2.24) is 0 Å². The Morgan fingerprint density at radius 3 is 2.50 bits per heavy atom. The highest BCUT2D eigenvalue weighted by Crippen LogP contribution is 2.19. The van der Waals surface area contributed by atoms with E-state index < -0.39 is 11.8 Å². The van der Waals surface area contributed by atoms with Gasteiger partial charge in [-0.3, -0.25) is 9.69 Å². The number of ketones is 1. The standard InChI is InChI=1S/C14H12N2O3S/c1-9-7-12(17)11(13(18)19-9)8-16(14(15)20)10-5-3-2-4-6-10/h2-8H,1H3,(H2,15,20). The molecule has 0 unspecified atom stereocenters. The molecule has 0 amide bonds. The van der Waals surface area contributed by atoms with Gasteiger partial charge in [0, 0.05) is 18.0 Å². The number of hydrogen-bond donors (Lipinski definition) is 1. The van der Waals surface area contributed by atoms with Crippen LogP contribution in [0.1, 0.15) is 6.92 Å². The quantitative estimate of drug-likeness (QED) is 0.386. The summed E-state index contributed by atoms with van der Waals surface area (Å²) < 4.78 is 4.91. The van der Waals surface area contributed by atoms with Crippen LogP contribution in [-0.2, 0) is 14.3 Å². The zero-order valence-corrected chi connectivity index (χ0v) is 11.5. The number of cyclic esters (lactones) is 1. The van der Waals surface area contributed by atoms with Gasteiger partial charge in [-0.1, -0.05) is 18.2 Å². The molecule has 0 spiro atoms. The van der Waals surface area contributed by atoms with E-state index in [4.69, 9.17) is 22.7 Å². The molecule has 0 radical (unpaired) electrons. The summed E-state index contributed by atoms with van der Waals surface area (Å²) in [6.07, 6.45) is 2.54. The molecule has 0 bridgehead atoms. The Bertz CT molecular complexity index is 635. The van der Waals surface area contributed by atoms with Gasteiger partial charge in [-0.2, -0.15) is 0 Å². The average molecular weight is 288 g/mol. The van der Waals surface area contributed by atoms with E-state index in [-0.39, 0.29) is 16.4 Å². The summed E-state index contributed by atoms with van der Waals surface area (Å²) >= 11 is 4.95. The minimum absolute atomic E-state index is 0.0237. The van der Waals surface area contributed by atoms with Crippen LogP contribution in [0, 0.1) is 0 Å². The van der Waals surface area contributed by atoms with Gasteiger partial charge in [-0.05, 0) is 31.3 Å². The summed E-state index contributed by atoms with van der Waals surface area (Å²) in [5.41, 5.74) is 6.17. The molecule has 1 aromatic carbocycles. The van der Waals surface area contributed by atoms with E-state index in [0.29, 0.717) is 5.69 Å². The molecular formula is C14H12N2O3S. The highest BCUT2D eigenvalue weighted by molar-refractivity contribution is 7.80. The number of anilines is 1. The van der Waals surface area contributed by atoms with E-state index in [1.54, 1.807) is 24.3 Å². The van der Waals surface area contributed by atoms with Crippen LogP contribution in [0.3, 0.4) is 0 Å². The first-order valence-electron chi connectivity index (χ1n) is 5.79. The number of nitrogens with two attached hydrogens (primary N) is 1. The molecule has 0 aliphatic carbocycles. The second-order valence-corrected chi connectivity index (χ2v) is 4.51. The van der Waals surface area contributed by atoms with E-state index in [0.717, 1.165) is 0 Å². The number of rotatable bonds is 2. The first-order chi connectivity index (χ1) is 9.49. The monoisotopic (exact) mass is 288 g/mol. The van der Waals surface area contributed by atoms with Crippen LogP contribution in [0.4, 0.5) is 5.69 Å². The molecule has 1 heterocycles. The summed E-state index contributed by atoms with van der Waals surface area (Å²) in [6, 6.07) is 8.95. The molecule has 0 saturated heterocycles. The van der Waals surface area contributed by atoms with Crippen molar-refractivity contribution >= 4 is 34.8 Å². The number of allylic oxidation sites excluding steroid dienone is 2. The van der Waals surface area contributed by atoms with Crippen LogP contribution in [-0.4, -0.2) is 16.9 Å². The number of para-hydroxylation sites is 1. The Morgan fingerprint density at radius 1 is 1.30 bits per heavy atom. The topological polar surface area (TPSA) is 72.6 Å². The normalized spacial score (nSPS) is 16.6. The first-order valence-corrected chi connectivity index (χ1v) is 6.20. The molecule has 1 aliphatic heterocycles. The number of hydrogen-bond acceptors (Lipinski definition) is 4. The minimum Gasteiger partial charge on any atom is -0.427 e. The average Bonchev–Trinajstić information content (AvgIpc) is 2.38. The molecule has 20 heavy (non-hydrogen) atoms. The number of ether oxygens (including phenoxy) is 1. The zero-order valence-electron chi connectivity index (χ0n) is 10.7. The molecule has 102 valence electrons. The Hall–Kier alpha value is -2.47. The fraction of sp³-hybridized carbons (Fsp3) is 0.0714. The van der Waals surface area contributed by atoms with Crippen molar-refractivity contribution in [1.29, 1.82) is 0 Å². The van der Waals surface area contributed by atoms with Crippen LogP contribution in [0.5, 0.6) is 0 Å². The number of esters is 1. The number of carbonyl (C=O) groups is 2. The molecule has 1 aliphatic rings. The lowest BCUT2D eigenvalue weighted by atomic mass is 10.1. The molecule has 2 N–H and O–H groups in total. The Kier molecular flexibility index (Phi) is 3.95. The molecule has 6 heteroatoms. The van der Waals surface area contributed by atoms with Gasteiger partial charge >= 0.3 is 5.97 Å². The van der Waals surface area contributed by atoms with Crippen molar-refractivity contribution in [3.8, 4) is 0 Å². The Balaban J connectivity index is 2.42. The van der Waals surface area contributed by atoms with Gasteiger partial charge in [-0.15, -0.1) is 0 Å². The lowest BCUT2D eigenvalue weighted by Crippen LogP contribution is -2.33. The summed E-state index contributed by atoms with van der Waals surface area (Å²) in [6.45, 7) is 1.54. The second-order valence-electron chi connectivity index (χ2n) is 4.10. The van der Waals surface area contributed by atoms with E-state index >= 15 is 0 Å². The molecule has 1 aromatic rings. The van der Waals surface area contributed by atoms with Gasteiger partial charge in [0.15, 0.2) is 10.9 Å². The predicted octanol–water partition coefficient (Wildman–Crippen LogP) is 1.65. The third kappa shape index (κ3) is 2.92. The Morgan fingerprint density at radius 2 is 1.95 bits per heavy atom. The van der Waals surface area contributed by atoms with Crippen molar-refractivity contribution in [2.75, 3.05) is 4.90 Å². The van der Waals surface area contributed by atoms with Crippen molar-refractivity contribution < 1.29 is 14.3 Å². The van der Waals surface area contributed by atoms with Crippen molar-refractivity contribution in [2.24, 2.45) is 5.73 Å². The SMILES string of the molecule is CC1=CC(=O)C(=CN(C(N)=S)c2ccccc2)C(=O)O1. The maximum absolute atomic E-state index is 11.8. The molecule has 0 atom stereocenters. The van der Waals surface area contributed by atoms with E-state index in [1.165, 1.54) is 24.1 Å². The molecule has 0 saturated carbocycles. The van der Waals surface area contributed by atoms with Gasteiger partial charge < -0.3 is 10.5 Å². The first kappa shape index (κ1) is 14.0. The summed E-state index contributed by atoms with van der Waals surface area (Å²) in [4.78, 5) is 25.0. The van der Waals surface area contributed by atoms with Crippen LogP contribution in [0.25, 0.3) is 0 Å². The van der Waals surface area contributed by atoms with Crippen molar-refractivity contribution in [3.05, 3.63) is 53.9 Å². The lowest BCUT2D eigenvalue weighted by molar-refractivity contribution is -0.137. The molecule has 0 fully saturated rings. The van der Waals surface area contributed by atoms with E-state index in [9.17, 15) is 9.59 Å². The summed E-state index contributed by atoms with van der Waals surface area (Å²) in [5.74, 6) is -0.887. The van der Waals surface area contributed by atoms with Crippen LogP contribution in [0.15, 0.2) is 53.9 Å². The molecule has 2 rings (SSSR count). The Labute approximate surface area is 121 Å². The number of thiocarbonyl (C=S) groups is 1. The van der Waals surface area contributed by atoms with Gasteiger partial charge in [-0.25, -0.2) is 4.79 Å². The van der Waals surface area contributed by atoms with E-state index in [1.807, 2.05) is 6.07 Å². The van der Waals surface area contributed by atoms with Gasteiger partial charge in [0.2, 0.25) is 0 Å². The van der Waals surface area contributed by atoms with E-state index in [2.05, 4.69) is 0 Å². The smallest absolute Gasteiger partial charge is 0.348 e. The van der Waals surface area contributed by atoms with Gasteiger partial charge in [0.1, 0.15) is 11.3 Å². The number of benzene rings is 1. The van der Waals surface area contributed by atoms with Crippen molar-refractivity contribution in [2.45, 2.75) is 6.92 Å². The highest BCUT2D eigenvalue weighted by atomic mass is 32.1. The fourth-order valence-corrected chi connectivity index (χ4v) is 1.85. The third-order valence-electron chi connectivity index (χ3n) is 2.60. The maximum atomic E-state index is 11.8. The predicted molar refractivity (Wildman–Crippen MR) is 78.6 cm³/mol. The number of carbonyl (C=O) groups excluding carboxylic acids is 2. The summed E-state index contributed by atoms with van der Waals surface area (Å²) in [5, 5.41) is 0.0237. The van der Waals surface area contributed by atoms with Crippen LogP contribution < -0.4 is 10.6 Å².